The Hall–Kier alpha value is -4.00. The normalized spacial score (nSPS) is 10.8. The molecular formula is C24H22N4O3. The van der Waals surface area contributed by atoms with Gasteiger partial charge in [-0.1, -0.05) is 24.3 Å². The molecule has 0 unspecified atom stereocenters. The Morgan fingerprint density at radius 1 is 0.935 bits per heavy atom. The largest absolute Gasteiger partial charge is 0.491 e. The first-order valence-electron chi connectivity index (χ1n) is 9.71. The van der Waals surface area contributed by atoms with Gasteiger partial charge < -0.3 is 15.2 Å². The number of aryl methyl sites for hydroxylation is 1. The van der Waals surface area contributed by atoms with Crippen molar-refractivity contribution in [1.29, 1.82) is 0 Å². The van der Waals surface area contributed by atoms with Gasteiger partial charge in [0.1, 0.15) is 6.33 Å². The number of nitrogens with zero attached hydrogens (tertiary/aromatic N) is 3. The number of benzene rings is 2. The van der Waals surface area contributed by atoms with Gasteiger partial charge in [0.25, 0.3) is 5.88 Å². The van der Waals surface area contributed by atoms with Crippen molar-refractivity contribution < 1.29 is 14.3 Å². The van der Waals surface area contributed by atoms with Crippen LogP contribution >= 0.6 is 0 Å². The third-order valence-electron chi connectivity index (χ3n) is 5.15. The Kier molecular flexibility index (Phi) is 5.49. The molecule has 0 aliphatic heterocycles. The number of rotatable bonds is 6. The lowest BCUT2D eigenvalue weighted by atomic mass is 9.95. The van der Waals surface area contributed by atoms with Crippen LogP contribution in [0.15, 0.2) is 55.0 Å². The summed E-state index contributed by atoms with van der Waals surface area (Å²) < 4.78 is 10.7. The summed E-state index contributed by atoms with van der Waals surface area (Å²) in [6, 6.07) is 13.8. The van der Waals surface area contributed by atoms with E-state index >= 15 is 0 Å². The maximum atomic E-state index is 11.2. The van der Waals surface area contributed by atoms with Gasteiger partial charge in [-0.25, -0.2) is 15.0 Å². The number of hydrogen-bond donors (Lipinski definition) is 1. The predicted octanol–water partition coefficient (Wildman–Crippen LogP) is 3.71. The van der Waals surface area contributed by atoms with Crippen LogP contribution in [0.25, 0.3) is 33.2 Å². The molecule has 2 aromatic carbocycles. The molecule has 0 aliphatic carbocycles. The second-order valence-electron chi connectivity index (χ2n) is 7.15. The molecule has 7 heteroatoms. The number of amides is 1. The van der Waals surface area contributed by atoms with Crippen LogP contribution in [0.4, 0.5) is 0 Å². The molecule has 1 amide bonds. The number of ether oxygens (including phenoxy) is 2. The summed E-state index contributed by atoms with van der Waals surface area (Å²) in [6.45, 7) is 1.96. The number of aromatic nitrogens is 3. The fourth-order valence-electron chi connectivity index (χ4n) is 3.57. The van der Waals surface area contributed by atoms with E-state index in [0.717, 1.165) is 44.4 Å². The van der Waals surface area contributed by atoms with Crippen molar-refractivity contribution in [1.82, 2.24) is 15.0 Å². The van der Waals surface area contributed by atoms with Gasteiger partial charge in [-0.15, -0.1) is 0 Å². The van der Waals surface area contributed by atoms with Crippen LogP contribution in [-0.4, -0.2) is 35.1 Å². The lowest BCUT2D eigenvalue weighted by molar-refractivity contribution is -0.117. The molecule has 31 heavy (non-hydrogen) atoms. The highest BCUT2D eigenvalue weighted by Crippen LogP contribution is 2.36. The van der Waals surface area contributed by atoms with E-state index in [0.29, 0.717) is 11.6 Å². The summed E-state index contributed by atoms with van der Waals surface area (Å²) in [6.07, 6.45) is 3.53. The van der Waals surface area contributed by atoms with E-state index in [2.05, 4.69) is 27.1 Å². The quantitative estimate of drug-likeness (QED) is 0.516. The standard InChI is InChI=1S/C24H22N4O3/c1-14-19-9-17(18-11-21(30-2)24(31-3)26-12-18)10-20(23(19)28-13-27-14)16-6-4-15(5-7-16)8-22(25)29/h4-7,9-13H,8H2,1-3H3,(H2,25,29). The van der Waals surface area contributed by atoms with E-state index in [4.69, 9.17) is 15.2 Å². The lowest BCUT2D eigenvalue weighted by Gasteiger charge is -2.13. The maximum absolute atomic E-state index is 11.2. The minimum atomic E-state index is -0.357. The molecule has 156 valence electrons. The van der Waals surface area contributed by atoms with Crippen molar-refractivity contribution in [2.24, 2.45) is 5.73 Å². The first-order valence-corrected chi connectivity index (χ1v) is 9.71. The van der Waals surface area contributed by atoms with Crippen molar-refractivity contribution in [2.45, 2.75) is 13.3 Å². The van der Waals surface area contributed by atoms with Gasteiger partial charge in [0.2, 0.25) is 5.91 Å². The molecule has 4 rings (SSSR count). The zero-order valence-electron chi connectivity index (χ0n) is 17.5. The lowest BCUT2D eigenvalue weighted by Crippen LogP contribution is -2.13. The number of fused-ring (bicyclic) bond motifs is 1. The van der Waals surface area contributed by atoms with Gasteiger partial charge in [-0.3, -0.25) is 4.79 Å². The van der Waals surface area contributed by atoms with Crippen LogP contribution in [0.3, 0.4) is 0 Å². The fourth-order valence-corrected chi connectivity index (χ4v) is 3.57. The number of hydrogen-bond acceptors (Lipinski definition) is 6. The van der Waals surface area contributed by atoms with Crippen LogP contribution in [0, 0.1) is 6.92 Å². The van der Waals surface area contributed by atoms with Crippen LogP contribution in [0.1, 0.15) is 11.3 Å². The molecule has 2 heterocycles. The minimum absolute atomic E-state index is 0.208. The van der Waals surface area contributed by atoms with Crippen molar-refractivity contribution in [3.05, 3.63) is 66.2 Å². The Morgan fingerprint density at radius 2 is 1.71 bits per heavy atom. The van der Waals surface area contributed by atoms with Crippen LogP contribution in [0.2, 0.25) is 0 Å². The molecule has 4 aromatic rings. The van der Waals surface area contributed by atoms with Crippen molar-refractivity contribution >= 4 is 16.8 Å². The fraction of sp³-hybridized carbons (Fsp3) is 0.167. The predicted molar refractivity (Wildman–Crippen MR) is 119 cm³/mol. The van der Waals surface area contributed by atoms with Crippen LogP contribution in [-0.2, 0) is 11.2 Å². The number of nitrogens with two attached hydrogens (primary N) is 1. The van der Waals surface area contributed by atoms with E-state index in [1.54, 1.807) is 26.7 Å². The van der Waals surface area contributed by atoms with E-state index < -0.39 is 0 Å². The van der Waals surface area contributed by atoms with Gasteiger partial charge in [-0.2, -0.15) is 0 Å². The summed E-state index contributed by atoms with van der Waals surface area (Å²) in [5.74, 6) is 0.625. The third kappa shape index (κ3) is 4.02. The summed E-state index contributed by atoms with van der Waals surface area (Å²) in [4.78, 5) is 24.5. The highest BCUT2D eigenvalue weighted by Gasteiger charge is 2.14. The van der Waals surface area contributed by atoms with Crippen molar-refractivity contribution in [3.63, 3.8) is 0 Å². The molecule has 7 nitrogen and oxygen atoms in total. The number of pyridine rings is 1. The van der Waals surface area contributed by atoms with E-state index in [-0.39, 0.29) is 12.3 Å². The van der Waals surface area contributed by atoms with Gasteiger partial charge in [0.15, 0.2) is 5.75 Å². The molecular weight excluding hydrogens is 392 g/mol. The summed E-state index contributed by atoms with van der Waals surface area (Å²) in [7, 11) is 3.14. The molecule has 0 saturated heterocycles. The topological polar surface area (TPSA) is 100 Å². The van der Waals surface area contributed by atoms with E-state index in [1.165, 1.54) is 0 Å². The zero-order chi connectivity index (χ0) is 22.0. The summed E-state index contributed by atoms with van der Waals surface area (Å²) in [5.41, 5.74) is 11.7. The molecule has 2 N–H and O–H groups in total. The molecule has 0 radical (unpaired) electrons. The first kappa shape index (κ1) is 20.3. The average molecular weight is 414 g/mol. The van der Waals surface area contributed by atoms with Gasteiger partial charge in [-0.05, 0) is 41.8 Å². The Labute approximate surface area is 179 Å². The van der Waals surface area contributed by atoms with E-state index in [9.17, 15) is 4.79 Å². The minimum Gasteiger partial charge on any atom is -0.491 e. The Balaban J connectivity index is 1.90. The third-order valence-corrected chi connectivity index (χ3v) is 5.15. The van der Waals surface area contributed by atoms with Crippen LogP contribution < -0.4 is 15.2 Å². The molecule has 0 fully saturated rings. The maximum Gasteiger partial charge on any atom is 0.256 e. The van der Waals surface area contributed by atoms with Crippen molar-refractivity contribution in [2.75, 3.05) is 14.2 Å². The zero-order valence-corrected chi connectivity index (χ0v) is 17.5. The molecule has 0 aliphatic rings. The molecule has 0 bridgehead atoms. The number of carbonyl (C=O) groups excluding carboxylic acids is 1. The number of primary amides is 1. The number of carbonyl (C=O) groups is 1. The smallest absolute Gasteiger partial charge is 0.256 e. The SMILES string of the molecule is COc1cc(-c2cc(-c3ccc(CC(N)=O)cc3)c3ncnc(C)c3c2)cnc1OC. The second kappa shape index (κ2) is 8.39. The highest BCUT2D eigenvalue weighted by molar-refractivity contribution is 5.98. The Bertz CT molecular complexity index is 1270. The van der Waals surface area contributed by atoms with Gasteiger partial charge >= 0.3 is 0 Å². The van der Waals surface area contributed by atoms with E-state index in [1.807, 2.05) is 37.3 Å². The summed E-state index contributed by atoms with van der Waals surface area (Å²) in [5, 5.41) is 0.950. The van der Waals surface area contributed by atoms with Gasteiger partial charge in [0.05, 0.1) is 26.2 Å². The first-order chi connectivity index (χ1) is 15.0. The molecule has 0 spiro atoms. The summed E-state index contributed by atoms with van der Waals surface area (Å²) >= 11 is 0. The Morgan fingerprint density at radius 3 is 2.39 bits per heavy atom. The molecule has 2 aromatic heterocycles. The highest BCUT2D eigenvalue weighted by atomic mass is 16.5. The average Bonchev–Trinajstić information content (AvgIpc) is 2.78. The second-order valence-corrected chi connectivity index (χ2v) is 7.15. The number of methoxy groups -OCH3 is 2. The molecule has 0 atom stereocenters. The molecule has 0 saturated carbocycles. The van der Waals surface area contributed by atoms with Crippen molar-refractivity contribution in [3.8, 4) is 33.9 Å². The van der Waals surface area contributed by atoms with Gasteiger partial charge in [0, 0.05) is 28.4 Å². The monoisotopic (exact) mass is 414 g/mol. The van der Waals surface area contributed by atoms with Crippen LogP contribution in [0.5, 0.6) is 11.6 Å².